The maximum atomic E-state index is 11.7. The predicted octanol–water partition coefficient (Wildman–Crippen LogP) is 1.23. The first-order chi connectivity index (χ1) is 9.47. The topological polar surface area (TPSA) is 115 Å². The van der Waals surface area contributed by atoms with Crippen molar-refractivity contribution in [2.75, 3.05) is 6.61 Å². The number of carbonyl (C=O) groups is 2. The smallest absolute Gasteiger partial charge is 0.334 e. The van der Waals surface area contributed by atoms with Gasteiger partial charge in [0.15, 0.2) is 10.8 Å². The predicted molar refractivity (Wildman–Crippen MR) is 73.8 cm³/mol. The van der Waals surface area contributed by atoms with Gasteiger partial charge < -0.3 is 15.2 Å². The van der Waals surface area contributed by atoms with Crippen LogP contribution >= 0.6 is 11.3 Å². The largest absolute Gasteiger partial charge is 0.463 e. The Balaban J connectivity index is 2.62. The van der Waals surface area contributed by atoms with Gasteiger partial charge in [0.1, 0.15) is 0 Å². The van der Waals surface area contributed by atoms with Gasteiger partial charge in [-0.1, -0.05) is 6.08 Å². The lowest BCUT2D eigenvalue weighted by molar-refractivity contribution is -0.141. The van der Waals surface area contributed by atoms with Gasteiger partial charge in [0.25, 0.3) is 0 Å². The average Bonchev–Trinajstić information content (AvgIpc) is 2.84. The van der Waals surface area contributed by atoms with E-state index in [1.165, 1.54) is 11.5 Å². The molecule has 108 valence electrons. The number of carbonyl (C=O) groups excluding carboxylic acids is 2. The van der Waals surface area contributed by atoms with Crippen LogP contribution in [0.25, 0.3) is 0 Å². The number of nitrogens with two attached hydrogens (primary N) is 1. The summed E-state index contributed by atoms with van der Waals surface area (Å²) in [4.78, 5) is 27.0. The second-order valence-electron chi connectivity index (χ2n) is 3.59. The number of nitrogen functional groups attached to an aromatic ring is 1. The SMILES string of the molecule is CC=C(CC(=O)Oc1csc(C(=N)N)n1)C(=O)OCC. The van der Waals surface area contributed by atoms with E-state index in [1.54, 1.807) is 13.8 Å². The van der Waals surface area contributed by atoms with Crippen LogP contribution in [0.4, 0.5) is 0 Å². The van der Waals surface area contributed by atoms with E-state index in [2.05, 4.69) is 4.98 Å². The minimum absolute atomic E-state index is 0.0597. The molecule has 0 fully saturated rings. The van der Waals surface area contributed by atoms with Crippen LogP contribution in [0.1, 0.15) is 25.3 Å². The van der Waals surface area contributed by atoms with Gasteiger partial charge in [-0.25, -0.2) is 4.79 Å². The van der Waals surface area contributed by atoms with Gasteiger partial charge in [-0.3, -0.25) is 10.2 Å². The lowest BCUT2D eigenvalue weighted by atomic mass is 10.2. The quantitative estimate of drug-likeness (QED) is 0.353. The van der Waals surface area contributed by atoms with Crippen LogP contribution < -0.4 is 10.5 Å². The summed E-state index contributed by atoms with van der Waals surface area (Å²) in [5, 5.41) is 8.93. The molecule has 0 spiro atoms. The van der Waals surface area contributed by atoms with Gasteiger partial charge >= 0.3 is 11.9 Å². The van der Waals surface area contributed by atoms with E-state index in [0.29, 0.717) is 0 Å². The molecule has 0 unspecified atom stereocenters. The van der Waals surface area contributed by atoms with Gasteiger partial charge in [-0.2, -0.15) is 4.98 Å². The molecule has 8 heteroatoms. The van der Waals surface area contributed by atoms with E-state index in [0.717, 1.165) is 11.3 Å². The molecule has 0 aliphatic heterocycles. The molecule has 0 aliphatic carbocycles. The molecule has 3 N–H and O–H groups in total. The lowest BCUT2D eigenvalue weighted by Gasteiger charge is -2.05. The van der Waals surface area contributed by atoms with Gasteiger partial charge in [-0.05, 0) is 13.8 Å². The van der Waals surface area contributed by atoms with Crippen LogP contribution in [0.3, 0.4) is 0 Å². The number of amidine groups is 1. The number of hydrogen-bond acceptors (Lipinski definition) is 7. The number of rotatable bonds is 6. The zero-order valence-electron chi connectivity index (χ0n) is 11.1. The molecular formula is C12H15N3O4S. The fourth-order valence-electron chi connectivity index (χ4n) is 1.25. The van der Waals surface area contributed by atoms with E-state index < -0.39 is 11.9 Å². The van der Waals surface area contributed by atoms with Crippen molar-refractivity contribution in [3.05, 3.63) is 22.0 Å². The molecule has 0 amide bonds. The van der Waals surface area contributed by atoms with Gasteiger partial charge in [0, 0.05) is 5.57 Å². The van der Waals surface area contributed by atoms with E-state index in [-0.39, 0.29) is 35.3 Å². The number of hydrogen-bond donors (Lipinski definition) is 2. The molecule has 0 bridgehead atoms. The van der Waals surface area contributed by atoms with Crippen molar-refractivity contribution >= 4 is 29.1 Å². The first-order valence-corrected chi connectivity index (χ1v) is 6.68. The molecule has 1 rings (SSSR count). The second-order valence-corrected chi connectivity index (χ2v) is 4.45. The highest BCUT2D eigenvalue weighted by atomic mass is 32.1. The van der Waals surface area contributed by atoms with Crippen molar-refractivity contribution in [2.45, 2.75) is 20.3 Å². The van der Waals surface area contributed by atoms with Crippen molar-refractivity contribution in [1.82, 2.24) is 4.98 Å². The number of ether oxygens (including phenoxy) is 2. The van der Waals surface area contributed by atoms with Crippen LogP contribution in [0.5, 0.6) is 5.88 Å². The number of allylic oxidation sites excluding steroid dienone is 1. The summed E-state index contributed by atoms with van der Waals surface area (Å²) in [6, 6.07) is 0. The Morgan fingerprint density at radius 3 is 2.75 bits per heavy atom. The average molecular weight is 297 g/mol. The second kappa shape index (κ2) is 7.39. The van der Waals surface area contributed by atoms with Crippen molar-refractivity contribution < 1.29 is 19.1 Å². The van der Waals surface area contributed by atoms with Crippen LogP contribution in [-0.4, -0.2) is 29.4 Å². The summed E-state index contributed by atoms with van der Waals surface area (Å²) < 4.78 is 9.77. The zero-order chi connectivity index (χ0) is 15.1. The van der Waals surface area contributed by atoms with E-state index in [1.807, 2.05) is 0 Å². The highest BCUT2D eigenvalue weighted by Gasteiger charge is 2.17. The minimum atomic E-state index is -0.633. The Bertz CT molecular complexity index is 551. The molecule has 0 radical (unpaired) electrons. The van der Waals surface area contributed by atoms with E-state index in [9.17, 15) is 9.59 Å². The minimum Gasteiger partial charge on any atom is -0.463 e. The van der Waals surface area contributed by atoms with Crippen molar-refractivity contribution in [2.24, 2.45) is 5.73 Å². The first-order valence-electron chi connectivity index (χ1n) is 5.80. The van der Waals surface area contributed by atoms with Crippen LogP contribution in [-0.2, 0) is 14.3 Å². The summed E-state index contributed by atoms with van der Waals surface area (Å²) >= 11 is 1.09. The summed E-state index contributed by atoms with van der Waals surface area (Å²) in [5.41, 5.74) is 5.47. The molecule has 20 heavy (non-hydrogen) atoms. The summed E-state index contributed by atoms with van der Waals surface area (Å²) in [7, 11) is 0. The lowest BCUT2D eigenvalue weighted by Crippen LogP contribution is -2.16. The van der Waals surface area contributed by atoms with Gasteiger partial charge in [0.2, 0.25) is 5.88 Å². The number of esters is 2. The molecule has 0 aliphatic rings. The third-order valence-corrected chi connectivity index (χ3v) is 3.01. The Morgan fingerprint density at radius 1 is 1.55 bits per heavy atom. The van der Waals surface area contributed by atoms with E-state index >= 15 is 0 Å². The Hall–Kier alpha value is -2.22. The first kappa shape index (κ1) is 15.8. The van der Waals surface area contributed by atoms with Crippen LogP contribution in [0, 0.1) is 5.41 Å². The maximum Gasteiger partial charge on any atom is 0.334 e. The van der Waals surface area contributed by atoms with Crippen molar-refractivity contribution in [1.29, 1.82) is 5.41 Å². The monoisotopic (exact) mass is 297 g/mol. The Kier molecular flexibility index (Phi) is 5.85. The summed E-state index contributed by atoms with van der Waals surface area (Å²) in [6.45, 7) is 3.55. The van der Waals surface area contributed by atoms with Crippen molar-refractivity contribution in [3.8, 4) is 5.88 Å². The number of aromatic nitrogens is 1. The summed E-state index contributed by atoms with van der Waals surface area (Å²) in [5.74, 6) is -1.32. The molecule has 1 aromatic rings. The normalized spacial score (nSPS) is 11.0. The van der Waals surface area contributed by atoms with E-state index in [4.69, 9.17) is 20.6 Å². The number of nitrogens with zero attached hydrogens (tertiary/aromatic N) is 1. The standard InChI is InChI=1S/C12H15N3O4S/c1-3-7(12(17)18-4-2)5-9(16)19-8-6-20-11(15-8)10(13)14/h3,6H,4-5H2,1-2H3,(H3,13,14). The van der Waals surface area contributed by atoms with Crippen LogP contribution in [0.2, 0.25) is 0 Å². The summed E-state index contributed by atoms with van der Waals surface area (Å²) in [6.07, 6.45) is 1.30. The molecule has 0 atom stereocenters. The molecule has 0 saturated heterocycles. The molecular weight excluding hydrogens is 282 g/mol. The fourth-order valence-corrected chi connectivity index (χ4v) is 1.84. The number of nitrogens with one attached hydrogen (secondary N) is 1. The highest BCUT2D eigenvalue weighted by molar-refractivity contribution is 7.11. The van der Waals surface area contributed by atoms with Crippen LogP contribution in [0.15, 0.2) is 17.0 Å². The molecule has 0 saturated carbocycles. The van der Waals surface area contributed by atoms with Gasteiger partial charge in [0.05, 0.1) is 18.4 Å². The molecule has 7 nitrogen and oxygen atoms in total. The molecule has 1 aromatic heterocycles. The fraction of sp³-hybridized carbons (Fsp3) is 0.333. The number of thiazole rings is 1. The third-order valence-electron chi connectivity index (χ3n) is 2.15. The highest BCUT2D eigenvalue weighted by Crippen LogP contribution is 2.17. The maximum absolute atomic E-state index is 11.7. The van der Waals surface area contributed by atoms with Crippen molar-refractivity contribution in [3.63, 3.8) is 0 Å². The third kappa shape index (κ3) is 4.47. The Labute approximate surface area is 119 Å². The van der Waals surface area contributed by atoms with Gasteiger partial charge in [-0.15, -0.1) is 11.3 Å². The molecule has 0 aromatic carbocycles. The Morgan fingerprint density at radius 2 is 2.25 bits per heavy atom. The molecule has 1 heterocycles. The zero-order valence-corrected chi connectivity index (χ0v) is 12.0.